The smallest absolute Gasteiger partial charge is 0.591 e. The first-order valence-corrected chi connectivity index (χ1v) is 9.76. The van der Waals surface area contributed by atoms with Crippen molar-refractivity contribution in [3.05, 3.63) is 34.9 Å². The average Bonchev–Trinajstić information content (AvgIpc) is 2.60. The van der Waals surface area contributed by atoms with Crippen molar-refractivity contribution in [3.8, 4) is 0 Å². The predicted octanol–water partition coefficient (Wildman–Crippen LogP) is 2.55. The highest BCUT2D eigenvalue weighted by molar-refractivity contribution is 7.90. The fourth-order valence-electron chi connectivity index (χ4n) is 2.76. The van der Waals surface area contributed by atoms with Gasteiger partial charge in [-0.2, -0.15) is 0 Å². The largest absolute Gasteiger partial charge is 0.592 e. The van der Waals surface area contributed by atoms with E-state index in [2.05, 4.69) is 5.32 Å². The number of carbonyl (C=O) groups is 1. The van der Waals surface area contributed by atoms with Crippen LogP contribution in [0.1, 0.15) is 23.2 Å². The van der Waals surface area contributed by atoms with E-state index in [-0.39, 0.29) is 12.5 Å². The average molecular weight is 412 g/mol. The maximum absolute atomic E-state index is 12.1. The van der Waals surface area contributed by atoms with Gasteiger partial charge >= 0.3 is 5.51 Å². The molecule has 0 aliphatic carbocycles. The van der Waals surface area contributed by atoms with Crippen LogP contribution in [0.5, 0.6) is 0 Å². The Kier molecular flexibility index (Phi) is 8.03. The van der Waals surface area contributed by atoms with E-state index in [9.17, 15) is 22.5 Å². The van der Waals surface area contributed by atoms with Crippen molar-refractivity contribution in [2.24, 2.45) is 5.92 Å². The molecule has 1 saturated heterocycles. The third-order valence-electron chi connectivity index (χ3n) is 4.22. The van der Waals surface area contributed by atoms with E-state index in [0.717, 1.165) is 25.9 Å². The van der Waals surface area contributed by atoms with E-state index in [1.165, 1.54) is 0 Å². The Morgan fingerprint density at radius 1 is 1.35 bits per heavy atom. The van der Waals surface area contributed by atoms with Gasteiger partial charge < -0.3 is 14.8 Å². The summed E-state index contributed by atoms with van der Waals surface area (Å²) in [6.07, 6.45) is 1.69. The van der Waals surface area contributed by atoms with Crippen molar-refractivity contribution < 1.29 is 22.5 Å². The highest BCUT2D eigenvalue weighted by Crippen LogP contribution is 2.21. The van der Waals surface area contributed by atoms with E-state index in [4.69, 9.17) is 11.6 Å². The number of hydrogen-bond donors (Lipinski definition) is 2. The summed E-state index contributed by atoms with van der Waals surface area (Å²) < 4.78 is 49.3. The summed E-state index contributed by atoms with van der Waals surface area (Å²) in [7, 11) is 0. The maximum Gasteiger partial charge on any atom is 0.592 e. The predicted molar refractivity (Wildman–Crippen MR) is 95.1 cm³/mol. The summed E-state index contributed by atoms with van der Waals surface area (Å²) in [5, 5.41) is 3.40. The monoisotopic (exact) mass is 411 g/mol. The Morgan fingerprint density at radius 2 is 2.04 bits per heavy atom. The van der Waals surface area contributed by atoms with Crippen LogP contribution in [-0.4, -0.2) is 53.6 Å². The fourth-order valence-corrected chi connectivity index (χ4v) is 3.39. The molecule has 0 saturated carbocycles. The molecular formula is C16H21ClF3N3O2S. The van der Waals surface area contributed by atoms with Crippen molar-refractivity contribution in [2.45, 2.75) is 18.3 Å². The second-order valence-electron chi connectivity index (χ2n) is 6.11. The molecule has 1 heterocycles. The second-order valence-corrected chi connectivity index (χ2v) is 7.84. The quantitative estimate of drug-likeness (QED) is 0.677. The third kappa shape index (κ3) is 6.96. The Hall–Kier alpha value is -1.00. The van der Waals surface area contributed by atoms with E-state index in [1.54, 1.807) is 24.3 Å². The zero-order valence-corrected chi connectivity index (χ0v) is 15.6. The lowest BCUT2D eigenvalue weighted by Gasteiger charge is -2.32. The molecule has 1 fully saturated rings. The Morgan fingerprint density at radius 3 is 2.65 bits per heavy atom. The van der Waals surface area contributed by atoms with Gasteiger partial charge in [0, 0.05) is 23.7 Å². The van der Waals surface area contributed by atoms with Crippen LogP contribution in [-0.2, 0) is 11.4 Å². The van der Waals surface area contributed by atoms with Crippen LogP contribution in [0.25, 0.3) is 0 Å². The maximum atomic E-state index is 12.1. The molecule has 1 aliphatic rings. The molecule has 0 bridgehead atoms. The van der Waals surface area contributed by atoms with E-state index < -0.39 is 16.9 Å². The first-order valence-electron chi connectivity index (χ1n) is 8.24. The molecular weight excluding hydrogens is 391 g/mol. The van der Waals surface area contributed by atoms with Crippen LogP contribution in [0.2, 0.25) is 5.02 Å². The summed E-state index contributed by atoms with van der Waals surface area (Å²) in [5.41, 5.74) is -4.22. The standard InChI is InChI=1S/C16H21ClF3N3O2S/c17-14-3-1-2-13(10-14)15(24)21-11-12-4-7-23(8-5-12)9-6-22-26(25)16(18,19)20/h1-3,10,12,22H,4-9,11H2,(H,21,24). The van der Waals surface area contributed by atoms with Crippen molar-refractivity contribution in [1.82, 2.24) is 14.9 Å². The number of rotatable bonds is 7. The normalized spacial score (nSPS) is 17.9. The molecule has 1 atom stereocenters. The molecule has 1 aromatic rings. The molecule has 1 aromatic carbocycles. The van der Waals surface area contributed by atoms with Gasteiger partial charge in [-0.25, -0.2) is 0 Å². The minimum atomic E-state index is -4.73. The van der Waals surface area contributed by atoms with Crippen LogP contribution >= 0.6 is 11.6 Å². The molecule has 5 nitrogen and oxygen atoms in total. The summed E-state index contributed by atoms with van der Waals surface area (Å²) in [4.78, 5) is 14.1. The minimum absolute atomic E-state index is 0.0162. The van der Waals surface area contributed by atoms with Gasteiger partial charge in [-0.05, 0) is 50.0 Å². The van der Waals surface area contributed by atoms with Crippen LogP contribution in [0.3, 0.4) is 0 Å². The number of nitrogens with zero attached hydrogens (tertiary/aromatic N) is 1. The molecule has 10 heteroatoms. The summed E-state index contributed by atoms with van der Waals surface area (Å²) in [6.45, 7) is 2.44. The molecule has 1 unspecified atom stereocenters. The van der Waals surface area contributed by atoms with E-state index in [1.807, 2.05) is 9.62 Å². The molecule has 0 spiro atoms. The van der Waals surface area contributed by atoms with E-state index >= 15 is 0 Å². The van der Waals surface area contributed by atoms with Gasteiger partial charge in [0.15, 0.2) is 11.4 Å². The lowest BCUT2D eigenvalue weighted by Crippen LogP contribution is -2.44. The number of piperidine rings is 1. The highest BCUT2D eigenvalue weighted by Gasteiger charge is 2.45. The van der Waals surface area contributed by atoms with Crippen molar-refractivity contribution in [2.75, 3.05) is 32.7 Å². The Labute approximate surface area is 158 Å². The van der Waals surface area contributed by atoms with Crippen LogP contribution in [0, 0.1) is 5.92 Å². The first kappa shape index (κ1) is 21.3. The number of amides is 1. The summed E-state index contributed by atoms with van der Waals surface area (Å²) in [5.74, 6) is 0.153. The number of nitrogens with one attached hydrogen (secondary N) is 2. The van der Waals surface area contributed by atoms with Crippen LogP contribution in [0.4, 0.5) is 13.2 Å². The summed E-state index contributed by atoms with van der Waals surface area (Å²) in [6, 6.07) is 6.72. The Balaban J connectivity index is 1.63. The SMILES string of the molecule is O=C(NCC1CCN(CCN[S+]([O-])C(F)(F)F)CC1)c1cccc(Cl)c1. The zero-order valence-electron chi connectivity index (χ0n) is 14.0. The lowest BCUT2D eigenvalue weighted by atomic mass is 9.96. The number of benzene rings is 1. The first-order chi connectivity index (χ1) is 12.3. The minimum Gasteiger partial charge on any atom is -0.591 e. The zero-order chi connectivity index (χ0) is 19.2. The molecule has 2 rings (SSSR count). The van der Waals surface area contributed by atoms with E-state index in [0.29, 0.717) is 29.6 Å². The molecule has 0 aromatic heterocycles. The summed E-state index contributed by atoms with van der Waals surface area (Å²) >= 11 is 2.86. The van der Waals surface area contributed by atoms with Crippen LogP contribution in [0.15, 0.2) is 24.3 Å². The van der Waals surface area contributed by atoms with Crippen molar-refractivity contribution in [1.29, 1.82) is 0 Å². The number of alkyl halides is 3. The third-order valence-corrected chi connectivity index (χ3v) is 5.34. The molecule has 26 heavy (non-hydrogen) atoms. The number of halogens is 4. The molecule has 1 amide bonds. The second kappa shape index (κ2) is 9.80. The van der Waals surface area contributed by atoms with Gasteiger partial charge in [-0.3, -0.25) is 4.79 Å². The number of carbonyl (C=O) groups excluding carboxylic acids is 1. The van der Waals surface area contributed by atoms with Gasteiger partial charge in [0.05, 0.1) is 6.54 Å². The number of hydrogen-bond acceptors (Lipinski definition) is 4. The van der Waals surface area contributed by atoms with Gasteiger partial charge in [0.1, 0.15) is 0 Å². The molecule has 146 valence electrons. The van der Waals surface area contributed by atoms with Crippen molar-refractivity contribution in [3.63, 3.8) is 0 Å². The highest BCUT2D eigenvalue weighted by atomic mass is 35.5. The number of likely N-dealkylation sites (tertiary alicyclic amines) is 1. The molecule has 2 N–H and O–H groups in total. The lowest BCUT2D eigenvalue weighted by molar-refractivity contribution is -0.0447. The molecule has 0 radical (unpaired) electrons. The van der Waals surface area contributed by atoms with Gasteiger partial charge in [-0.1, -0.05) is 17.7 Å². The van der Waals surface area contributed by atoms with Gasteiger partial charge in [0.2, 0.25) is 0 Å². The Bertz CT molecular complexity index is 598. The van der Waals surface area contributed by atoms with Crippen LogP contribution < -0.4 is 10.0 Å². The van der Waals surface area contributed by atoms with Crippen molar-refractivity contribution >= 4 is 28.9 Å². The topological polar surface area (TPSA) is 67.4 Å². The fraction of sp³-hybridized carbons (Fsp3) is 0.562. The molecule has 1 aliphatic heterocycles. The van der Waals surface area contributed by atoms with Gasteiger partial charge in [-0.15, -0.1) is 17.9 Å². The van der Waals surface area contributed by atoms with Gasteiger partial charge in [0.25, 0.3) is 5.91 Å².